The van der Waals surface area contributed by atoms with E-state index in [2.05, 4.69) is 33.9 Å². The first-order valence-corrected chi connectivity index (χ1v) is 6.77. The first kappa shape index (κ1) is 24.1. The predicted octanol–water partition coefficient (Wildman–Crippen LogP) is 6.47. The highest BCUT2D eigenvalue weighted by atomic mass is 14.0. The summed E-state index contributed by atoms with van der Waals surface area (Å²) in [5, 5.41) is 0. The summed E-state index contributed by atoms with van der Waals surface area (Å²) in [6.07, 6.45) is 7.07. The van der Waals surface area contributed by atoms with Gasteiger partial charge in [-0.05, 0) is 5.92 Å². The molecular weight excluding hydrogens is 180 g/mol. The average molecular weight is 216 g/mol. The van der Waals surface area contributed by atoms with Gasteiger partial charge < -0.3 is 0 Å². The van der Waals surface area contributed by atoms with Crippen LogP contribution in [0, 0.1) is 5.92 Å². The van der Waals surface area contributed by atoms with Gasteiger partial charge >= 0.3 is 0 Å². The van der Waals surface area contributed by atoms with Gasteiger partial charge in [0.05, 0.1) is 0 Å². The molecule has 96 valence electrons. The van der Waals surface area contributed by atoms with Crippen molar-refractivity contribution >= 4 is 0 Å². The molecule has 0 bridgehead atoms. The van der Waals surface area contributed by atoms with E-state index in [4.69, 9.17) is 0 Å². The standard InChI is InChI=1S/C9H20.2C2H6.C2H4/c1-4-5-6-7-8-9(2)3;3*1-2/h9H,4-8H2,1-3H3;2*1-2H3;1-2H2. The van der Waals surface area contributed by atoms with E-state index < -0.39 is 0 Å². The van der Waals surface area contributed by atoms with Crippen LogP contribution in [0.25, 0.3) is 0 Å². The number of rotatable bonds is 5. The van der Waals surface area contributed by atoms with E-state index in [0.29, 0.717) is 0 Å². The minimum Gasteiger partial charge on any atom is -0.106 e. The van der Waals surface area contributed by atoms with Gasteiger partial charge in [-0.2, -0.15) is 0 Å². The summed E-state index contributed by atoms with van der Waals surface area (Å²) in [5.74, 6) is 0.904. The van der Waals surface area contributed by atoms with E-state index in [-0.39, 0.29) is 0 Å². The Morgan fingerprint density at radius 1 is 0.800 bits per heavy atom. The molecule has 0 radical (unpaired) electrons. The second-order valence-electron chi connectivity index (χ2n) is 3.24. The molecule has 0 amide bonds. The molecule has 0 heteroatoms. The fourth-order valence-electron chi connectivity index (χ4n) is 0.979. The number of hydrogen-bond acceptors (Lipinski definition) is 0. The van der Waals surface area contributed by atoms with E-state index in [1.807, 2.05) is 27.7 Å². The maximum atomic E-state index is 3.00. The van der Waals surface area contributed by atoms with Crippen molar-refractivity contribution in [3.63, 3.8) is 0 Å². The molecule has 0 nitrogen and oxygen atoms in total. The van der Waals surface area contributed by atoms with Crippen LogP contribution in [-0.2, 0) is 0 Å². The molecule has 0 saturated heterocycles. The number of hydrogen-bond donors (Lipinski definition) is 0. The van der Waals surface area contributed by atoms with Crippen molar-refractivity contribution in [2.75, 3.05) is 0 Å². The second kappa shape index (κ2) is 37.2. The van der Waals surface area contributed by atoms with Gasteiger partial charge in [-0.25, -0.2) is 0 Å². The lowest BCUT2D eigenvalue weighted by atomic mass is 10.1. The van der Waals surface area contributed by atoms with Gasteiger partial charge in [0.2, 0.25) is 0 Å². The van der Waals surface area contributed by atoms with Crippen LogP contribution >= 0.6 is 0 Å². The van der Waals surface area contributed by atoms with E-state index in [0.717, 1.165) is 5.92 Å². The Bertz CT molecular complexity index is 55.1. The third-order valence-corrected chi connectivity index (χ3v) is 1.64. The molecule has 0 saturated carbocycles. The molecule has 0 spiro atoms. The molecule has 0 aliphatic rings. The fraction of sp³-hybridized carbons (Fsp3) is 0.867. The lowest BCUT2D eigenvalue weighted by Crippen LogP contribution is -1.86. The summed E-state index contributed by atoms with van der Waals surface area (Å²) < 4.78 is 0. The Morgan fingerprint density at radius 3 is 1.47 bits per heavy atom. The SMILES string of the molecule is C=C.CC.CC.CCCCCCC(C)C. The van der Waals surface area contributed by atoms with E-state index in [1.54, 1.807) is 0 Å². The summed E-state index contributed by atoms with van der Waals surface area (Å²) in [6.45, 7) is 20.9. The molecule has 0 fully saturated rings. The van der Waals surface area contributed by atoms with Crippen molar-refractivity contribution in [3.8, 4) is 0 Å². The van der Waals surface area contributed by atoms with Gasteiger partial charge in [0.25, 0.3) is 0 Å². The maximum Gasteiger partial charge on any atom is -0.0471 e. The van der Waals surface area contributed by atoms with Gasteiger partial charge in [-0.15, -0.1) is 13.2 Å². The predicted molar refractivity (Wildman–Crippen MR) is 77.5 cm³/mol. The van der Waals surface area contributed by atoms with E-state index in [1.165, 1.54) is 32.1 Å². The maximum absolute atomic E-state index is 3.00. The summed E-state index contributed by atoms with van der Waals surface area (Å²) in [4.78, 5) is 0. The molecule has 0 aliphatic carbocycles. The van der Waals surface area contributed by atoms with Crippen LogP contribution in [0.15, 0.2) is 13.2 Å². The fourth-order valence-corrected chi connectivity index (χ4v) is 0.979. The lowest BCUT2D eigenvalue weighted by molar-refractivity contribution is 0.525. The zero-order valence-electron chi connectivity index (χ0n) is 12.5. The lowest BCUT2D eigenvalue weighted by Gasteiger charge is -2.01. The number of unbranched alkanes of at least 4 members (excludes halogenated alkanes) is 3. The van der Waals surface area contributed by atoms with Crippen molar-refractivity contribution < 1.29 is 0 Å². The normalized spacial score (nSPS) is 7.47. The third kappa shape index (κ3) is 57.5. The van der Waals surface area contributed by atoms with Crippen LogP contribution in [0.1, 0.15) is 80.6 Å². The molecule has 0 heterocycles. The molecule has 0 unspecified atom stereocenters. The first-order chi connectivity index (χ1) is 7.27. The van der Waals surface area contributed by atoms with Crippen molar-refractivity contribution in [2.45, 2.75) is 80.6 Å². The molecule has 0 N–H and O–H groups in total. The molecular formula is C15H36. The van der Waals surface area contributed by atoms with Crippen LogP contribution < -0.4 is 0 Å². The van der Waals surface area contributed by atoms with Gasteiger partial charge in [0, 0.05) is 0 Å². The minimum atomic E-state index is 0.904. The zero-order chi connectivity index (χ0) is 13.1. The molecule has 0 aromatic rings. The molecule has 0 atom stereocenters. The summed E-state index contributed by atoms with van der Waals surface area (Å²) >= 11 is 0. The van der Waals surface area contributed by atoms with Crippen LogP contribution in [0.3, 0.4) is 0 Å². The highest BCUT2D eigenvalue weighted by Crippen LogP contribution is 2.08. The monoisotopic (exact) mass is 216 g/mol. The molecule has 0 aromatic carbocycles. The Kier molecular flexibility index (Phi) is 59.9. The van der Waals surface area contributed by atoms with Crippen molar-refractivity contribution in [1.82, 2.24) is 0 Å². The Balaban J connectivity index is -0.0000000860. The smallest absolute Gasteiger partial charge is 0.0471 e. The topological polar surface area (TPSA) is 0 Å². The van der Waals surface area contributed by atoms with E-state index in [9.17, 15) is 0 Å². The van der Waals surface area contributed by atoms with Crippen molar-refractivity contribution in [3.05, 3.63) is 13.2 Å². The van der Waals surface area contributed by atoms with Gasteiger partial charge in [0.1, 0.15) is 0 Å². The van der Waals surface area contributed by atoms with E-state index >= 15 is 0 Å². The van der Waals surface area contributed by atoms with Gasteiger partial charge in [0.15, 0.2) is 0 Å². The molecule has 0 aromatic heterocycles. The highest BCUT2D eigenvalue weighted by molar-refractivity contribution is 4.45. The second-order valence-corrected chi connectivity index (χ2v) is 3.24. The van der Waals surface area contributed by atoms with Crippen LogP contribution in [0.4, 0.5) is 0 Å². The molecule has 15 heavy (non-hydrogen) atoms. The van der Waals surface area contributed by atoms with Crippen molar-refractivity contribution in [2.24, 2.45) is 5.92 Å². The Hall–Kier alpha value is -0.260. The summed E-state index contributed by atoms with van der Waals surface area (Å²) in [7, 11) is 0. The largest absolute Gasteiger partial charge is 0.106 e. The van der Waals surface area contributed by atoms with Gasteiger partial charge in [-0.3, -0.25) is 0 Å². The first-order valence-electron chi connectivity index (χ1n) is 6.77. The third-order valence-electron chi connectivity index (χ3n) is 1.64. The summed E-state index contributed by atoms with van der Waals surface area (Å²) in [6, 6.07) is 0. The quantitative estimate of drug-likeness (QED) is 0.365. The highest BCUT2D eigenvalue weighted by Gasteiger charge is 1.91. The zero-order valence-corrected chi connectivity index (χ0v) is 12.5. The summed E-state index contributed by atoms with van der Waals surface area (Å²) in [5.41, 5.74) is 0. The molecule has 0 rings (SSSR count). The Labute approximate surface area is 100 Å². The molecule has 0 aliphatic heterocycles. The van der Waals surface area contributed by atoms with Crippen LogP contribution in [-0.4, -0.2) is 0 Å². The van der Waals surface area contributed by atoms with Crippen LogP contribution in [0.5, 0.6) is 0 Å². The Morgan fingerprint density at radius 2 is 1.20 bits per heavy atom. The van der Waals surface area contributed by atoms with Gasteiger partial charge in [-0.1, -0.05) is 80.6 Å². The van der Waals surface area contributed by atoms with Crippen molar-refractivity contribution in [1.29, 1.82) is 0 Å². The van der Waals surface area contributed by atoms with Crippen LogP contribution in [0.2, 0.25) is 0 Å². The minimum absolute atomic E-state index is 0.904. The average Bonchev–Trinajstić information content (AvgIpc) is 2.32.